The van der Waals surface area contributed by atoms with Crippen LogP contribution in [-0.2, 0) is 11.3 Å². The highest BCUT2D eigenvalue weighted by Crippen LogP contribution is 2.27. The van der Waals surface area contributed by atoms with E-state index in [4.69, 9.17) is 10.5 Å². The third-order valence-electron chi connectivity index (χ3n) is 4.37. The molecule has 140 valence electrons. The molecule has 0 aromatic heterocycles. The van der Waals surface area contributed by atoms with Gasteiger partial charge in [0.05, 0.1) is 36.2 Å². The van der Waals surface area contributed by atoms with Crippen molar-refractivity contribution < 1.29 is 9.53 Å². The van der Waals surface area contributed by atoms with Crippen molar-refractivity contribution in [2.45, 2.75) is 13.5 Å². The zero-order valence-electron chi connectivity index (χ0n) is 15.6. The zero-order chi connectivity index (χ0) is 19.9. The molecule has 0 atom stereocenters. The second-order valence-corrected chi connectivity index (χ2v) is 6.20. The molecule has 1 amide bonds. The number of benzene rings is 3. The van der Waals surface area contributed by atoms with Gasteiger partial charge >= 0.3 is 6.09 Å². The Kier molecular flexibility index (Phi) is 5.93. The van der Waals surface area contributed by atoms with Crippen molar-refractivity contribution in [2.24, 2.45) is 0 Å². The minimum atomic E-state index is -0.445. The molecule has 0 saturated carbocycles. The van der Waals surface area contributed by atoms with Crippen LogP contribution in [0.2, 0.25) is 0 Å². The van der Waals surface area contributed by atoms with Gasteiger partial charge in [-0.2, -0.15) is 5.26 Å². The molecule has 3 aromatic carbocycles. The average Bonchev–Trinajstić information content (AvgIpc) is 2.73. The van der Waals surface area contributed by atoms with Crippen molar-refractivity contribution in [2.75, 3.05) is 17.2 Å². The fourth-order valence-electron chi connectivity index (χ4n) is 2.99. The summed E-state index contributed by atoms with van der Waals surface area (Å²) in [4.78, 5) is 14.0. The lowest BCUT2D eigenvalue weighted by Crippen LogP contribution is -2.31. The molecule has 5 heteroatoms. The van der Waals surface area contributed by atoms with Crippen LogP contribution in [-0.4, -0.2) is 12.7 Å². The van der Waals surface area contributed by atoms with Crippen LogP contribution in [0.4, 0.5) is 16.2 Å². The van der Waals surface area contributed by atoms with Crippen molar-refractivity contribution in [3.63, 3.8) is 0 Å². The van der Waals surface area contributed by atoms with Gasteiger partial charge in [0.15, 0.2) is 0 Å². The molecule has 0 unspecified atom stereocenters. The van der Waals surface area contributed by atoms with E-state index in [0.29, 0.717) is 23.5 Å². The number of nitrogen functional groups attached to an aromatic ring is 1. The molecule has 0 radical (unpaired) electrons. The number of nitrogens with zero attached hydrogens (tertiary/aromatic N) is 2. The van der Waals surface area contributed by atoms with Crippen LogP contribution < -0.4 is 10.6 Å². The lowest BCUT2D eigenvalue weighted by atomic mass is 9.99. The van der Waals surface area contributed by atoms with Gasteiger partial charge in [0.25, 0.3) is 0 Å². The molecular formula is C23H21N3O2. The van der Waals surface area contributed by atoms with Gasteiger partial charge in [0, 0.05) is 0 Å². The molecule has 0 saturated heterocycles. The van der Waals surface area contributed by atoms with E-state index in [1.807, 2.05) is 54.6 Å². The average molecular weight is 371 g/mol. The molecule has 0 aliphatic heterocycles. The third-order valence-corrected chi connectivity index (χ3v) is 4.37. The smallest absolute Gasteiger partial charge is 0.414 e. The van der Waals surface area contributed by atoms with Gasteiger partial charge in [-0.25, -0.2) is 4.79 Å². The SMILES string of the molecule is CCOC(=O)N(Cc1ccc(-c2ccccc2C#N)cc1)c1ccccc1N. The van der Waals surface area contributed by atoms with Crippen LogP contribution in [0.3, 0.4) is 0 Å². The number of nitriles is 1. The Hall–Kier alpha value is -3.78. The summed E-state index contributed by atoms with van der Waals surface area (Å²) in [6.07, 6.45) is -0.445. The summed E-state index contributed by atoms with van der Waals surface area (Å²) in [6, 6.07) is 24.7. The first kappa shape index (κ1) is 19.0. The van der Waals surface area contributed by atoms with E-state index in [2.05, 4.69) is 6.07 Å². The first-order valence-electron chi connectivity index (χ1n) is 9.01. The van der Waals surface area contributed by atoms with Gasteiger partial charge in [0.1, 0.15) is 0 Å². The number of ether oxygens (including phenoxy) is 1. The summed E-state index contributed by atoms with van der Waals surface area (Å²) in [5.74, 6) is 0. The van der Waals surface area contributed by atoms with E-state index < -0.39 is 6.09 Å². The first-order chi connectivity index (χ1) is 13.6. The van der Waals surface area contributed by atoms with Gasteiger partial charge in [-0.1, -0.05) is 54.6 Å². The summed E-state index contributed by atoms with van der Waals surface area (Å²) < 4.78 is 5.20. The molecule has 28 heavy (non-hydrogen) atoms. The van der Waals surface area contributed by atoms with Crippen molar-refractivity contribution in [3.05, 3.63) is 83.9 Å². The monoisotopic (exact) mass is 371 g/mol. The zero-order valence-corrected chi connectivity index (χ0v) is 15.6. The van der Waals surface area contributed by atoms with Crippen LogP contribution in [0, 0.1) is 11.3 Å². The molecule has 0 heterocycles. The Balaban J connectivity index is 1.89. The predicted molar refractivity (Wildman–Crippen MR) is 111 cm³/mol. The summed E-state index contributed by atoms with van der Waals surface area (Å²) in [6.45, 7) is 2.38. The van der Waals surface area contributed by atoms with Crippen molar-refractivity contribution >= 4 is 17.5 Å². The number of hydrogen-bond donors (Lipinski definition) is 1. The maximum absolute atomic E-state index is 12.5. The lowest BCUT2D eigenvalue weighted by Gasteiger charge is -2.23. The van der Waals surface area contributed by atoms with Gasteiger partial charge in [-0.05, 0) is 41.8 Å². The Morgan fingerprint density at radius 2 is 1.71 bits per heavy atom. The third kappa shape index (κ3) is 4.13. The van der Waals surface area contributed by atoms with E-state index >= 15 is 0 Å². The van der Waals surface area contributed by atoms with E-state index in [1.165, 1.54) is 4.90 Å². The van der Waals surface area contributed by atoms with Gasteiger partial charge in [-0.15, -0.1) is 0 Å². The van der Waals surface area contributed by atoms with Crippen LogP contribution in [0.15, 0.2) is 72.8 Å². The number of para-hydroxylation sites is 2. The first-order valence-corrected chi connectivity index (χ1v) is 9.01. The molecular weight excluding hydrogens is 350 g/mol. The number of carbonyl (C=O) groups is 1. The minimum absolute atomic E-state index is 0.284. The second-order valence-electron chi connectivity index (χ2n) is 6.20. The molecule has 3 aromatic rings. The summed E-state index contributed by atoms with van der Waals surface area (Å²) in [5, 5.41) is 9.30. The molecule has 0 aliphatic rings. The number of rotatable bonds is 5. The Morgan fingerprint density at radius 1 is 1.04 bits per heavy atom. The minimum Gasteiger partial charge on any atom is -0.449 e. The molecule has 2 N–H and O–H groups in total. The fourth-order valence-corrected chi connectivity index (χ4v) is 2.99. The maximum Gasteiger partial charge on any atom is 0.414 e. The number of carbonyl (C=O) groups excluding carboxylic acids is 1. The van der Waals surface area contributed by atoms with Crippen LogP contribution in [0.5, 0.6) is 0 Å². The lowest BCUT2D eigenvalue weighted by molar-refractivity contribution is 0.159. The molecule has 0 spiro atoms. The largest absolute Gasteiger partial charge is 0.449 e. The highest BCUT2D eigenvalue weighted by molar-refractivity contribution is 5.91. The molecule has 3 rings (SSSR count). The topological polar surface area (TPSA) is 79.3 Å². The highest BCUT2D eigenvalue weighted by Gasteiger charge is 2.19. The van der Waals surface area contributed by atoms with Gasteiger partial charge in [-0.3, -0.25) is 4.90 Å². The molecule has 5 nitrogen and oxygen atoms in total. The van der Waals surface area contributed by atoms with E-state index in [0.717, 1.165) is 16.7 Å². The number of hydrogen-bond acceptors (Lipinski definition) is 4. The Morgan fingerprint density at radius 3 is 2.39 bits per heavy atom. The Labute approximate surface area is 164 Å². The normalized spacial score (nSPS) is 10.1. The van der Waals surface area contributed by atoms with Gasteiger partial charge in [0.2, 0.25) is 0 Å². The van der Waals surface area contributed by atoms with E-state index in [1.54, 1.807) is 25.1 Å². The summed E-state index contributed by atoms with van der Waals surface area (Å²) in [5.41, 5.74) is 10.6. The van der Waals surface area contributed by atoms with Crippen LogP contribution in [0.1, 0.15) is 18.1 Å². The predicted octanol–water partition coefficient (Wildman–Crippen LogP) is 4.97. The summed E-state index contributed by atoms with van der Waals surface area (Å²) >= 11 is 0. The quantitative estimate of drug-likeness (QED) is 0.642. The molecule has 0 bridgehead atoms. The van der Waals surface area contributed by atoms with Crippen LogP contribution in [0.25, 0.3) is 11.1 Å². The second kappa shape index (κ2) is 8.74. The van der Waals surface area contributed by atoms with Gasteiger partial charge < -0.3 is 10.5 Å². The van der Waals surface area contributed by atoms with Crippen molar-refractivity contribution in [1.29, 1.82) is 5.26 Å². The van der Waals surface area contributed by atoms with E-state index in [9.17, 15) is 10.1 Å². The number of amides is 1. The van der Waals surface area contributed by atoms with E-state index in [-0.39, 0.29) is 6.61 Å². The Bertz CT molecular complexity index is 1010. The molecule has 0 fully saturated rings. The maximum atomic E-state index is 12.5. The standard InChI is InChI=1S/C23H21N3O2/c1-2-28-23(27)26(22-10-6-5-9-21(22)25)16-17-11-13-18(14-12-17)20-8-4-3-7-19(20)15-24/h3-14H,2,16,25H2,1H3. The highest BCUT2D eigenvalue weighted by atomic mass is 16.6. The van der Waals surface area contributed by atoms with Crippen LogP contribution >= 0.6 is 0 Å². The summed E-state index contributed by atoms with van der Waals surface area (Å²) in [7, 11) is 0. The fraction of sp³-hybridized carbons (Fsp3) is 0.130. The molecule has 0 aliphatic carbocycles. The van der Waals surface area contributed by atoms with Crippen molar-refractivity contribution in [1.82, 2.24) is 0 Å². The van der Waals surface area contributed by atoms with Crippen molar-refractivity contribution in [3.8, 4) is 17.2 Å². The number of anilines is 2. The number of nitrogens with two attached hydrogens (primary N) is 1.